The van der Waals surface area contributed by atoms with Crippen LogP contribution >= 0.6 is 0 Å². The highest BCUT2D eigenvalue weighted by Crippen LogP contribution is 2.24. The molecule has 1 aliphatic rings. The van der Waals surface area contributed by atoms with Crippen molar-refractivity contribution in [3.05, 3.63) is 0 Å². The molecule has 8 heavy (non-hydrogen) atoms. The van der Waals surface area contributed by atoms with Crippen LogP contribution in [0.15, 0.2) is 4.99 Å². The van der Waals surface area contributed by atoms with Gasteiger partial charge in [0.2, 0.25) is 0 Å². The van der Waals surface area contributed by atoms with Crippen molar-refractivity contribution in [1.29, 1.82) is 0 Å². The zero-order chi connectivity index (χ0) is 6.20. The van der Waals surface area contributed by atoms with Crippen LogP contribution < -0.4 is 5.73 Å². The van der Waals surface area contributed by atoms with Crippen LogP contribution in [0.2, 0.25) is 0 Å². The second-order valence-corrected chi connectivity index (χ2v) is 3.15. The number of nitrogens with zero attached hydrogens (tertiary/aromatic N) is 1. The van der Waals surface area contributed by atoms with Crippen LogP contribution in [0.5, 0.6) is 0 Å². The molecule has 0 aromatic rings. The monoisotopic (exact) mass is 112 g/mol. The molecule has 0 saturated carbocycles. The predicted octanol–water partition coefficient (Wildman–Crippen LogP) is 0.774. The van der Waals surface area contributed by atoms with Gasteiger partial charge in [0, 0.05) is 13.0 Å². The van der Waals surface area contributed by atoms with Crippen molar-refractivity contribution >= 4 is 5.84 Å². The van der Waals surface area contributed by atoms with Crippen molar-refractivity contribution in [2.75, 3.05) is 6.54 Å². The van der Waals surface area contributed by atoms with E-state index in [-0.39, 0.29) is 0 Å². The quantitative estimate of drug-likeness (QED) is 0.494. The molecule has 0 saturated heterocycles. The minimum absolute atomic E-state index is 0.337. The van der Waals surface area contributed by atoms with Gasteiger partial charge in [0.15, 0.2) is 0 Å². The maximum atomic E-state index is 5.46. The Bertz CT molecular complexity index is 124. The van der Waals surface area contributed by atoms with E-state index in [0.29, 0.717) is 5.41 Å². The van der Waals surface area contributed by atoms with Crippen molar-refractivity contribution in [2.45, 2.75) is 20.3 Å². The van der Waals surface area contributed by atoms with Crippen LogP contribution in [0.4, 0.5) is 0 Å². The van der Waals surface area contributed by atoms with Gasteiger partial charge in [0.1, 0.15) is 0 Å². The van der Waals surface area contributed by atoms with Gasteiger partial charge in [-0.05, 0) is 5.41 Å². The fourth-order valence-electron chi connectivity index (χ4n) is 0.918. The third kappa shape index (κ3) is 0.997. The van der Waals surface area contributed by atoms with E-state index in [2.05, 4.69) is 18.8 Å². The lowest BCUT2D eigenvalue weighted by Gasteiger charge is -2.12. The molecule has 1 aliphatic heterocycles. The molecule has 0 unspecified atom stereocenters. The summed E-state index contributed by atoms with van der Waals surface area (Å²) in [5.41, 5.74) is 5.80. The molecule has 0 atom stereocenters. The fraction of sp³-hybridized carbons (Fsp3) is 0.833. The molecule has 0 aliphatic carbocycles. The summed E-state index contributed by atoms with van der Waals surface area (Å²) in [6.07, 6.45) is 0.965. The number of aliphatic imine (C=N–C) groups is 1. The minimum atomic E-state index is 0.337. The van der Waals surface area contributed by atoms with E-state index in [1.54, 1.807) is 0 Å². The van der Waals surface area contributed by atoms with Crippen LogP contribution in [0.25, 0.3) is 0 Å². The average Bonchev–Trinajstić information content (AvgIpc) is 1.82. The third-order valence-corrected chi connectivity index (χ3v) is 1.37. The lowest BCUT2D eigenvalue weighted by molar-refractivity contribution is 0.422. The lowest BCUT2D eigenvalue weighted by atomic mass is 9.92. The molecular weight excluding hydrogens is 100 g/mol. The van der Waals surface area contributed by atoms with E-state index < -0.39 is 0 Å². The summed E-state index contributed by atoms with van der Waals surface area (Å²) in [6.45, 7) is 5.26. The molecular formula is C6H12N2. The second kappa shape index (κ2) is 1.47. The molecule has 0 aromatic heterocycles. The standard InChI is InChI=1S/C6H12N2/c1-6(2)3-5(7)8-4-6/h3-4H2,1-2H3,(H2,7,8). The van der Waals surface area contributed by atoms with Gasteiger partial charge in [-0.3, -0.25) is 4.99 Å². The largest absolute Gasteiger partial charge is 0.387 e. The van der Waals surface area contributed by atoms with E-state index >= 15 is 0 Å². The first-order valence-corrected chi connectivity index (χ1v) is 2.89. The molecule has 0 amide bonds. The van der Waals surface area contributed by atoms with Gasteiger partial charge in [-0.2, -0.15) is 0 Å². The van der Waals surface area contributed by atoms with Gasteiger partial charge in [-0.25, -0.2) is 0 Å². The summed E-state index contributed by atoms with van der Waals surface area (Å²) in [7, 11) is 0. The average molecular weight is 112 g/mol. The molecule has 0 radical (unpaired) electrons. The van der Waals surface area contributed by atoms with Crippen LogP contribution in [-0.2, 0) is 0 Å². The van der Waals surface area contributed by atoms with E-state index in [1.165, 1.54) is 0 Å². The molecule has 1 heterocycles. The van der Waals surface area contributed by atoms with Crippen LogP contribution in [0, 0.1) is 5.41 Å². The molecule has 0 spiro atoms. The van der Waals surface area contributed by atoms with E-state index in [0.717, 1.165) is 18.8 Å². The van der Waals surface area contributed by atoms with E-state index in [4.69, 9.17) is 5.73 Å². The number of rotatable bonds is 0. The summed E-state index contributed by atoms with van der Waals surface area (Å²) < 4.78 is 0. The van der Waals surface area contributed by atoms with Gasteiger partial charge in [-0.15, -0.1) is 0 Å². The molecule has 0 fully saturated rings. The van der Waals surface area contributed by atoms with Gasteiger partial charge >= 0.3 is 0 Å². The van der Waals surface area contributed by atoms with Gasteiger partial charge in [-0.1, -0.05) is 13.8 Å². The molecule has 1 rings (SSSR count). The molecule has 46 valence electrons. The number of hydrogen-bond donors (Lipinski definition) is 1. The first kappa shape index (κ1) is 5.60. The topological polar surface area (TPSA) is 38.4 Å². The van der Waals surface area contributed by atoms with Crippen LogP contribution in [-0.4, -0.2) is 12.4 Å². The Morgan fingerprint density at radius 3 is 2.38 bits per heavy atom. The van der Waals surface area contributed by atoms with Crippen LogP contribution in [0.1, 0.15) is 20.3 Å². The Labute approximate surface area is 49.8 Å². The number of nitrogens with two attached hydrogens (primary N) is 1. The Morgan fingerprint density at radius 2 is 2.25 bits per heavy atom. The summed E-state index contributed by atoms with van der Waals surface area (Å²) >= 11 is 0. The van der Waals surface area contributed by atoms with Crippen molar-refractivity contribution < 1.29 is 0 Å². The van der Waals surface area contributed by atoms with E-state index in [1.807, 2.05) is 0 Å². The Morgan fingerprint density at radius 1 is 1.62 bits per heavy atom. The zero-order valence-corrected chi connectivity index (χ0v) is 5.44. The van der Waals surface area contributed by atoms with Crippen molar-refractivity contribution in [3.63, 3.8) is 0 Å². The normalized spacial score (nSPS) is 25.5. The SMILES string of the molecule is CC1(C)CN=C(N)C1. The molecule has 2 N–H and O–H groups in total. The maximum absolute atomic E-state index is 5.46. The highest BCUT2D eigenvalue weighted by Gasteiger charge is 2.23. The molecule has 2 heteroatoms. The summed E-state index contributed by atoms with van der Waals surface area (Å²) in [5.74, 6) is 0.815. The van der Waals surface area contributed by atoms with Gasteiger partial charge in [0.05, 0.1) is 5.84 Å². The Hall–Kier alpha value is -0.530. The minimum Gasteiger partial charge on any atom is -0.387 e. The Balaban J connectivity index is 2.55. The second-order valence-electron chi connectivity index (χ2n) is 3.15. The summed E-state index contributed by atoms with van der Waals surface area (Å²) in [4.78, 5) is 4.08. The predicted molar refractivity (Wildman–Crippen MR) is 34.9 cm³/mol. The lowest BCUT2D eigenvalue weighted by Crippen LogP contribution is -2.15. The Kier molecular flexibility index (Phi) is 1.03. The summed E-state index contributed by atoms with van der Waals surface area (Å²) in [6, 6.07) is 0. The van der Waals surface area contributed by atoms with Gasteiger partial charge < -0.3 is 5.73 Å². The van der Waals surface area contributed by atoms with Crippen LogP contribution in [0.3, 0.4) is 0 Å². The number of hydrogen-bond acceptors (Lipinski definition) is 2. The van der Waals surface area contributed by atoms with Crippen molar-refractivity contribution in [2.24, 2.45) is 16.1 Å². The highest BCUT2D eigenvalue weighted by atomic mass is 14.9. The van der Waals surface area contributed by atoms with Crippen molar-refractivity contribution in [3.8, 4) is 0 Å². The molecule has 0 bridgehead atoms. The first-order valence-electron chi connectivity index (χ1n) is 2.89. The smallest absolute Gasteiger partial charge is 0.0943 e. The maximum Gasteiger partial charge on any atom is 0.0943 e. The fourth-order valence-corrected chi connectivity index (χ4v) is 0.918. The van der Waals surface area contributed by atoms with Crippen molar-refractivity contribution in [1.82, 2.24) is 0 Å². The van der Waals surface area contributed by atoms with Gasteiger partial charge in [0.25, 0.3) is 0 Å². The summed E-state index contributed by atoms with van der Waals surface area (Å²) in [5, 5.41) is 0. The van der Waals surface area contributed by atoms with E-state index in [9.17, 15) is 0 Å². The number of amidine groups is 1. The third-order valence-electron chi connectivity index (χ3n) is 1.37. The first-order chi connectivity index (χ1) is 3.60. The molecule has 0 aromatic carbocycles. The zero-order valence-electron chi connectivity index (χ0n) is 5.44. The highest BCUT2D eigenvalue weighted by molar-refractivity contribution is 5.82. The molecule has 2 nitrogen and oxygen atoms in total.